The largest absolute Gasteiger partial charge is 0.508 e. The zero-order chi connectivity index (χ0) is 13.9. The summed E-state index contributed by atoms with van der Waals surface area (Å²) in [6, 6.07) is 12.3. The number of sulfonamides is 1. The first-order chi connectivity index (χ1) is 8.97. The topological polar surface area (TPSA) is 66.4 Å². The number of phenols is 1. The maximum atomic E-state index is 12.0. The molecule has 2 aromatic rings. The van der Waals surface area contributed by atoms with E-state index < -0.39 is 10.0 Å². The quantitative estimate of drug-likeness (QED) is 0.911. The second kappa shape index (κ2) is 5.61. The second-order valence-electron chi connectivity index (χ2n) is 3.94. The van der Waals surface area contributed by atoms with Crippen LogP contribution >= 0.6 is 11.6 Å². The number of benzene rings is 2. The number of phenolic OH excluding ortho intramolecular Hbond substituents is 1. The van der Waals surface area contributed by atoms with Crippen LogP contribution in [0.3, 0.4) is 0 Å². The number of rotatable bonds is 4. The van der Waals surface area contributed by atoms with Gasteiger partial charge in [-0.3, -0.25) is 0 Å². The molecule has 0 heterocycles. The molecule has 0 aromatic heterocycles. The van der Waals surface area contributed by atoms with Gasteiger partial charge in [0.15, 0.2) is 0 Å². The van der Waals surface area contributed by atoms with Crippen LogP contribution in [-0.2, 0) is 16.6 Å². The van der Waals surface area contributed by atoms with Crippen LogP contribution in [0.4, 0.5) is 0 Å². The van der Waals surface area contributed by atoms with Crippen molar-refractivity contribution in [2.45, 2.75) is 11.4 Å². The second-order valence-corrected chi connectivity index (χ2v) is 6.15. The Morgan fingerprint density at radius 2 is 1.58 bits per heavy atom. The molecule has 2 aromatic carbocycles. The van der Waals surface area contributed by atoms with Crippen molar-refractivity contribution in [3.8, 4) is 5.75 Å². The molecule has 0 saturated heterocycles. The molecule has 0 unspecified atom stereocenters. The fourth-order valence-electron chi connectivity index (χ4n) is 1.49. The van der Waals surface area contributed by atoms with Crippen molar-refractivity contribution in [2.75, 3.05) is 0 Å². The average molecular weight is 298 g/mol. The van der Waals surface area contributed by atoms with Gasteiger partial charge in [-0.2, -0.15) is 0 Å². The molecule has 2 N–H and O–H groups in total. The third-order valence-electron chi connectivity index (χ3n) is 2.53. The summed E-state index contributed by atoms with van der Waals surface area (Å²) in [5.41, 5.74) is 0.760. The third kappa shape index (κ3) is 3.70. The lowest BCUT2D eigenvalue weighted by Gasteiger charge is -2.07. The molecule has 4 nitrogen and oxygen atoms in total. The minimum absolute atomic E-state index is 0.143. The van der Waals surface area contributed by atoms with Crippen LogP contribution in [0, 0.1) is 0 Å². The number of nitrogens with one attached hydrogen (secondary N) is 1. The molecule has 19 heavy (non-hydrogen) atoms. The van der Waals surface area contributed by atoms with Crippen LogP contribution in [0.1, 0.15) is 5.56 Å². The molecular weight excluding hydrogens is 286 g/mol. The zero-order valence-corrected chi connectivity index (χ0v) is 11.4. The van der Waals surface area contributed by atoms with Gasteiger partial charge in [-0.1, -0.05) is 23.7 Å². The first kappa shape index (κ1) is 13.9. The maximum Gasteiger partial charge on any atom is 0.240 e. The Morgan fingerprint density at radius 1 is 1.00 bits per heavy atom. The van der Waals surface area contributed by atoms with Crippen molar-refractivity contribution >= 4 is 21.6 Å². The van der Waals surface area contributed by atoms with Crippen LogP contribution in [0.25, 0.3) is 0 Å². The third-order valence-corrected chi connectivity index (χ3v) is 4.20. The van der Waals surface area contributed by atoms with Crippen molar-refractivity contribution in [1.29, 1.82) is 0 Å². The molecule has 0 fully saturated rings. The Labute approximate surface area is 116 Å². The van der Waals surface area contributed by atoms with Crippen molar-refractivity contribution in [1.82, 2.24) is 4.72 Å². The summed E-state index contributed by atoms with van der Waals surface area (Å²) in [6.07, 6.45) is 0. The highest BCUT2D eigenvalue weighted by atomic mass is 35.5. The van der Waals surface area contributed by atoms with E-state index in [0.29, 0.717) is 5.02 Å². The van der Waals surface area contributed by atoms with Crippen molar-refractivity contribution in [2.24, 2.45) is 0 Å². The number of halogens is 1. The Hall–Kier alpha value is -1.56. The van der Waals surface area contributed by atoms with E-state index in [-0.39, 0.29) is 17.2 Å². The highest BCUT2D eigenvalue weighted by molar-refractivity contribution is 7.89. The minimum atomic E-state index is -3.56. The van der Waals surface area contributed by atoms with E-state index in [1.54, 1.807) is 12.1 Å². The summed E-state index contributed by atoms with van der Waals surface area (Å²) in [5.74, 6) is 0.143. The molecule has 0 aliphatic rings. The summed E-state index contributed by atoms with van der Waals surface area (Å²) in [6.45, 7) is 0.158. The van der Waals surface area contributed by atoms with Crippen molar-refractivity contribution in [3.05, 3.63) is 59.1 Å². The van der Waals surface area contributed by atoms with Gasteiger partial charge < -0.3 is 5.11 Å². The first-order valence-corrected chi connectivity index (χ1v) is 7.37. The normalized spacial score (nSPS) is 11.4. The van der Waals surface area contributed by atoms with E-state index in [1.807, 2.05) is 0 Å². The van der Waals surface area contributed by atoms with Gasteiger partial charge in [0.1, 0.15) is 5.75 Å². The number of hydrogen-bond acceptors (Lipinski definition) is 3. The lowest BCUT2D eigenvalue weighted by molar-refractivity contribution is 0.475. The first-order valence-electron chi connectivity index (χ1n) is 5.50. The van der Waals surface area contributed by atoms with Crippen LogP contribution in [0.5, 0.6) is 5.75 Å². The Bertz CT molecular complexity index is 651. The van der Waals surface area contributed by atoms with Crippen molar-refractivity contribution in [3.63, 3.8) is 0 Å². The fraction of sp³-hybridized carbons (Fsp3) is 0.0769. The molecule has 0 aliphatic heterocycles. The predicted molar refractivity (Wildman–Crippen MR) is 73.6 cm³/mol. The molecule has 0 bridgehead atoms. The fourth-order valence-corrected chi connectivity index (χ4v) is 2.63. The lowest BCUT2D eigenvalue weighted by atomic mass is 10.2. The molecule has 2 rings (SSSR count). The summed E-state index contributed by atoms with van der Waals surface area (Å²) >= 11 is 5.71. The van der Waals surface area contributed by atoms with Gasteiger partial charge in [-0.25, -0.2) is 13.1 Å². The van der Waals surface area contributed by atoms with E-state index >= 15 is 0 Å². The maximum absolute atomic E-state index is 12.0. The van der Waals surface area contributed by atoms with E-state index in [1.165, 1.54) is 36.4 Å². The van der Waals surface area contributed by atoms with Gasteiger partial charge in [0, 0.05) is 11.6 Å². The molecule has 6 heteroatoms. The minimum Gasteiger partial charge on any atom is -0.508 e. The van der Waals surface area contributed by atoms with E-state index in [0.717, 1.165) is 5.56 Å². The SMILES string of the molecule is O=S(=O)(NCc1ccc(O)cc1)c1ccc(Cl)cc1. The predicted octanol–water partition coefficient (Wildman–Crippen LogP) is 2.52. The zero-order valence-electron chi connectivity index (χ0n) is 9.88. The molecule has 0 amide bonds. The number of hydrogen-bond donors (Lipinski definition) is 2. The van der Waals surface area contributed by atoms with E-state index in [4.69, 9.17) is 16.7 Å². The van der Waals surface area contributed by atoms with Gasteiger partial charge in [0.2, 0.25) is 10.0 Å². The number of aromatic hydroxyl groups is 1. The monoisotopic (exact) mass is 297 g/mol. The van der Waals surface area contributed by atoms with Gasteiger partial charge in [0.25, 0.3) is 0 Å². The van der Waals surface area contributed by atoms with Crippen molar-refractivity contribution < 1.29 is 13.5 Å². The van der Waals surface area contributed by atoms with Crippen LogP contribution in [0.2, 0.25) is 5.02 Å². The highest BCUT2D eigenvalue weighted by Gasteiger charge is 2.13. The molecule has 0 spiro atoms. The Kier molecular flexibility index (Phi) is 4.09. The van der Waals surface area contributed by atoms with Gasteiger partial charge in [0.05, 0.1) is 4.90 Å². The van der Waals surface area contributed by atoms with E-state index in [9.17, 15) is 8.42 Å². The Balaban J connectivity index is 2.09. The molecule has 0 radical (unpaired) electrons. The van der Waals surface area contributed by atoms with Crippen LogP contribution in [0.15, 0.2) is 53.4 Å². The molecule has 0 saturated carbocycles. The van der Waals surface area contributed by atoms with Crippen LogP contribution in [-0.4, -0.2) is 13.5 Å². The summed E-state index contributed by atoms with van der Waals surface area (Å²) in [5, 5.41) is 9.62. The average Bonchev–Trinajstić information content (AvgIpc) is 2.39. The van der Waals surface area contributed by atoms with Crippen LogP contribution < -0.4 is 4.72 Å². The summed E-state index contributed by atoms with van der Waals surface area (Å²) < 4.78 is 26.4. The summed E-state index contributed by atoms with van der Waals surface area (Å²) in [4.78, 5) is 0.163. The van der Waals surface area contributed by atoms with Gasteiger partial charge in [-0.05, 0) is 42.0 Å². The standard InChI is InChI=1S/C13H12ClNO3S/c14-11-3-7-13(8-4-11)19(17,18)15-9-10-1-5-12(16)6-2-10/h1-8,15-16H,9H2. The van der Waals surface area contributed by atoms with E-state index in [2.05, 4.69) is 4.72 Å². The molecular formula is C13H12ClNO3S. The smallest absolute Gasteiger partial charge is 0.240 e. The molecule has 0 aliphatic carbocycles. The Morgan fingerprint density at radius 3 is 2.16 bits per heavy atom. The lowest BCUT2D eigenvalue weighted by Crippen LogP contribution is -2.23. The van der Waals surface area contributed by atoms with Gasteiger partial charge in [-0.15, -0.1) is 0 Å². The highest BCUT2D eigenvalue weighted by Crippen LogP contribution is 2.15. The summed E-state index contributed by atoms with van der Waals surface area (Å²) in [7, 11) is -3.56. The molecule has 100 valence electrons. The van der Waals surface area contributed by atoms with Gasteiger partial charge >= 0.3 is 0 Å². The molecule has 0 atom stereocenters.